The maximum absolute atomic E-state index is 12.8. The smallest absolute Gasteiger partial charge is 0.191 e. The number of fused-ring (bicyclic) bond motifs is 2. The zero-order chi connectivity index (χ0) is 16.1. The van der Waals surface area contributed by atoms with E-state index in [0.717, 1.165) is 31.8 Å². The molecule has 23 heavy (non-hydrogen) atoms. The third-order valence-corrected chi connectivity index (χ3v) is 4.35. The van der Waals surface area contributed by atoms with E-state index >= 15 is 0 Å². The summed E-state index contributed by atoms with van der Waals surface area (Å²) in [6.07, 6.45) is 5.00. The van der Waals surface area contributed by atoms with Crippen LogP contribution in [0.5, 0.6) is 5.75 Å². The van der Waals surface area contributed by atoms with Gasteiger partial charge in [-0.15, -0.1) is 0 Å². The fourth-order valence-corrected chi connectivity index (χ4v) is 3.16. The zero-order valence-corrected chi connectivity index (χ0v) is 13.4. The maximum atomic E-state index is 12.8. The lowest BCUT2D eigenvalue weighted by Crippen LogP contribution is -2.47. The van der Waals surface area contributed by atoms with Crippen LogP contribution in [0.4, 0.5) is 4.39 Å². The lowest BCUT2D eigenvalue weighted by Gasteiger charge is -2.22. The SMILES string of the molecule is CN=C(NCCCOc1ccc(F)cc1)NC1CC2CCC1O2. The van der Waals surface area contributed by atoms with Crippen molar-refractivity contribution in [3.05, 3.63) is 30.1 Å². The molecule has 2 aliphatic heterocycles. The van der Waals surface area contributed by atoms with Gasteiger partial charge in [0.2, 0.25) is 0 Å². The molecule has 2 heterocycles. The van der Waals surface area contributed by atoms with E-state index in [-0.39, 0.29) is 5.82 Å². The van der Waals surface area contributed by atoms with Crippen LogP contribution in [-0.2, 0) is 4.74 Å². The highest BCUT2D eigenvalue weighted by atomic mass is 19.1. The molecule has 2 fully saturated rings. The van der Waals surface area contributed by atoms with Crippen LogP contribution < -0.4 is 15.4 Å². The zero-order valence-electron chi connectivity index (χ0n) is 13.4. The lowest BCUT2D eigenvalue weighted by atomic mass is 9.96. The summed E-state index contributed by atoms with van der Waals surface area (Å²) >= 11 is 0. The van der Waals surface area contributed by atoms with Crippen molar-refractivity contribution in [1.82, 2.24) is 10.6 Å². The summed E-state index contributed by atoms with van der Waals surface area (Å²) in [5, 5.41) is 6.74. The number of halogens is 1. The van der Waals surface area contributed by atoms with E-state index in [0.29, 0.717) is 30.6 Å². The van der Waals surface area contributed by atoms with Crippen LogP contribution in [0.2, 0.25) is 0 Å². The Labute approximate surface area is 136 Å². The Kier molecular flexibility index (Phi) is 5.33. The van der Waals surface area contributed by atoms with E-state index in [4.69, 9.17) is 9.47 Å². The molecule has 0 saturated carbocycles. The standard InChI is InChI=1S/C17H24FN3O2/c1-19-17(21-15-11-14-7-8-16(15)23-14)20-9-2-10-22-13-5-3-12(18)4-6-13/h3-6,14-16H,2,7-11H2,1H3,(H2,19,20,21). The van der Waals surface area contributed by atoms with E-state index in [1.54, 1.807) is 19.2 Å². The van der Waals surface area contributed by atoms with Gasteiger partial charge in [-0.2, -0.15) is 0 Å². The molecule has 0 amide bonds. The van der Waals surface area contributed by atoms with Crippen LogP contribution in [0, 0.1) is 5.82 Å². The number of aliphatic imine (C=N–C) groups is 1. The Morgan fingerprint density at radius 1 is 1.35 bits per heavy atom. The molecule has 5 nitrogen and oxygen atoms in total. The summed E-state index contributed by atoms with van der Waals surface area (Å²) in [7, 11) is 1.78. The van der Waals surface area contributed by atoms with Crippen LogP contribution in [0.25, 0.3) is 0 Å². The minimum atomic E-state index is -0.251. The Bertz CT molecular complexity index is 535. The van der Waals surface area contributed by atoms with Gasteiger partial charge in [-0.05, 0) is 49.9 Å². The summed E-state index contributed by atoms with van der Waals surface area (Å²) < 4.78 is 24.2. The molecule has 0 spiro atoms. The number of hydrogen-bond acceptors (Lipinski definition) is 3. The van der Waals surface area contributed by atoms with E-state index in [9.17, 15) is 4.39 Å². The molecule has 6 heteroatoms. The highest BCUT2D eigenvalue weighted by Crippen LogP contribution is 2.34. The van der Waals surface area contributed by atoms with E-state index in [1.165, 1.54) is 18.6 Å². The van der Waals surface area contributed by atoms with Crippen molar-refractivity contribution in [2.45, 2.75) is 43.9 Å². The fraction of sp³-hybridized carbons (Fsp3) is 0.588. The van der Waals surface area contributed by atoms with Gasteiger partial charge in [0.1, 0.15) is 11.6 Å². The third-order valence-electron chi connectivity index (χ3n) is 4.35. The maximum Gasteiger partial charge on any atom is 0.191 e. The van der Waals surface area contributed by atoms with Gasteiger partial charge in [-0.1, -0.05) is 0 Å². The van der Waals surface area contributed by atoms with Crippen molar-refractivity contribution in [2.24, 2.45) is 4.99 Å². The molecular formula is C17H24FN3O2. The van der Waals surface area contributed by atoms with Gasteiger partial charge in [0.05, 0.1) is 24.9 Å². The molecule has 2 aliphatic rings. The number of benzene rings is 1. The molecule has 3 rings (SSSR count). The molecular weight excluding hydrogens is 297 g/mol. The topological polar surface area (TPSA) is 54.9 Å². The first kappa shape index (κ1) is 16.1. The van der Waals surface area contributed by atoms with E-state index in [2.05, 4.69) is 15.6 Å². The minimum Gasteiger partial charge on any atom is -0.494 e. The number of rotatable bonds is 6. The second-order valence-electron chi connectivity index (χ2n) is 6.02. The molecule has 2 bridgehead atoms. The molecule has 126 valence electrons. The Morgan fingerprint density at radius 2 is 2.17 bits per heavy atom. The summed E-state index contributed by atoms with van der Waals surface area (Å²) in [6, 6.07) is 6.44. The van der Waals surface area contributed by atoms with Crippen LogP contribution >= 0.6 is 0 Å². The number of guanidine groups is 1. The van der Waals surface area contributed by atoms with Crippen molar-refractivity contribution in [2.75, 3.05) is 20.2 Å². The van der Waals surface area contributed by atoms with Gasteiger partial charge in [-0.3, -0.25) is 4.99 Å². The highest BCUT2D eigenvalue weighted by Gasteiger charge is 2.41. The van der Waals surface area contributed by atoms with Crippen LogP contribution in [-0.4, -0.2) is 44.4 Å². The van der Waals surface area contributed by atoms with Gasteiger partial charge in [0, 0.05) is 13.6 Å². The second kappa shape index (κ2) is 7.64. The molecule has 2 saturated heterocycles. The molecule has 3 unspecified atom stereocenters. The molecule has 0 radical (unpaired) electrons. The normalized spacial score (nSPS) is 26.3. The summed E-state index contributed by atoms with van der Waals surface area (Å²) in [6.45, 7) is 1.34. The van der Waals surface area contributed by atoms with Gasteiger partial charge in [0.25, 0.3) is 0 Å². The first-order chi connectivity index (χ1) is 11.2. The summed E-state index contributed by atoms with van der Waals surface area (Å²) in [5.41, 5.74) is 0. The summed E-state index contributed by atoms with van der Waals surface area (Å²) in [5.74, 6) is 1.25. The number of hydrogen-bond donors (Lipinski definition) is 2. The highest BCUT2D eigenvalue weighted by molar-refractivity contribution is 5.80. The predicted octanol–water partition coefficient (Wildman–Crippen LogP) is 2.08. The second-order valence-corrected chi connectivity index (χ2v) is 6.02. The largest absolute Gasteiger partial charge is 0.494 e. The first-order valence-electron chi connectivity index (χ1n) is 8.25. The monoisotopic (exact) mass is 321 g/mol. The van der Waals surface area contributed by atoms with Crippen molar-refractivity contribution in [3.63, 3.8) is 0 Å². The molecule has 3 atom stereocenters. The van der Waals surface area contributed by atoms with Gasteiger partial charge >= 0.3 is 0 Å². The van der Waals surface area contributed by atoms with Crippen LogP contribution in [0.1, 0.15) is 25.7 Å². The average molecular weight is 321 g/mol. The summed E-state index contributed by atoms with van der Waals surface area (Å²) in [4.78, 5) is 4.26. The Morgan fingerprint density at radius 3 is 2.83 bits per heavy atom. The molecule has 1 aromatic carbocycles. The van der Waals surface area contributed by atoms with Gasteiger partial charge < -0.3 is 20.1 Å². The van der Waals surface area contributed by atoms with E-state index < -0.39 is 0 Å². The van der Waals surface area contributed by atoms with Crippen LogP contribution in [0.3, 0.4) is 0 Å². The van der Waals surface area contributed by atoms with Crippen molar-refractivity contribution in [1.29, 1.82) is 0 Å². The lowest BCUT2D eigenvalue weighted by molar-refractivity contribution is 0.0992. The molecule has 0 aliphatic carbocycles. The van der Waals surface area contributed by atoms with Crippen molar-refractivity contribution >= 4 is 5.96 Å². The fourth-order valence-electron chi connectivity index (χ4n) is 3.16. The number of ether oxygens (including phenoxy) is 2. The predicted molar refractivity (Wildman–Crippen MR) is 87.3 cm³/mol. The average Bonchev–Trinajstić information content (AvgIpc) is 3.18. The van der Waals surface area contributed by atoms with Crippen molar-refractivity contribution < 1.29 is 13.9 Å². The van der Waals surface area contributed by atoms with Gasteiger partial charge in [0.15, 0.2) is 5.96 Å². The quantitative estimate of drug-likeness (QED) is 0.478. The Hall–Kier alpha value is -1.82. The van der Waals surface area contributed by atoms with Gasteiger partial charge in [-0.25, -0.2) is 4.39 Å². The number of nitrogens with one attached hydrogen (secondary N) is 2. The first-order valence-corrected chi connectivity index (χ1v) is 8.25. The van der Waals surface area contributed by atoms with Crippen molar-refractivity contribution in [3.8, 4) is 5.75 Å². The Balaban J connectivity index is 1.32. The minimum absolute atomic E-state index is 0.251. The third kappa shape index (κ3) is 4.34. The molecule has 2 N–H and O–H groups in total. The molecule has 0 aromatic heterocycles. The number of nitrogens with zero attached hydrogens (tertiary/aromatic N) is 1. The molecule has 1 aromatic rings. The van der Waals surface area contributed by atoms with E-state index in [1.807, 2.05) is 0 Å². The van der Waals surface area contributed by atoms with Crippen LogP contribution in [0.15, 0.2) is 29.3 Å².